The van der Waals surface area contributed by atoms with E-state index in [9.17, 15) is 4.79 Å². The van der Waals surface area contributed by atoms with Gasteiger partial charge in [-0.15, -0.1) is 0 Å². The van der Waals surface area contributed by atoms with Gasteiger partial charge >= 0.3 is 0 Å². The van der Waals surface area contributed by atoms with E-state index in [1.807, 2.05) is 42.1 Å². The Labute approximate surface area is 162 Å². The molecule has 1 aromatic carbocycles. The van der Waals surface area contributed by atoms with Crippen molar-refractivity contribution in [3.05, 3.63) is 36.7 Å². The summed E-state index contributed by atoms with van der Waals surface area (Å²) < 4.78 is 8.47. The van der Waals surface area contributed by atoms with Gasteiger partial charge in [-0.25, -0.2) is 4.98 Å². The highest BCUT2D eigenvalue weighted by molar-refractivity contribution is 7.22. The Morgan fingerprint density at radius 3 is 3.19 bits per heavy atom. The topological polar surface area (TPSA) is 72.3 Å². The maximum Gasteiger partial charge on any atom is 0.240 e. The Morgan fingerprint density at radius 2 is 2.37 bits per heavy atom. The van der Waals surface area contributed by atoms with Crippen molar-refractivity contribution in [2.45, 2.75) is 32.4 Å². The average molecular weight is 385 g/mol. The monoisotopic (exact) mass is 385 g/mol. The molecule has 7 nitrogen and oxygen atoms in total. The molecule has 0 aliphatic carbocycles. The van der Waals surface area contributed by atoms with Crippen LogP contribution in [0.15, 0.2) is 36.7 Å². The second-order valence-electron chi connectivity index (χ2n) is 6.62. The number of likely N-dealkylation sites (tertiary alicyclic amines) is 1. The van der Waals surface area contributed by atoms with Crippen LogP contribution in [0, 0.1) is 0 Å². The third kappa shape index (κ3) is 4.28. The van der Waals surface area contributed by atoms with Gasteiger partial charge in [0.05, 0.1) is 29.9 Å². The van der Waals surface area contributed by atoms with Crippen LogP contribution in [0.3, 0.4) is 0 Å². The van der Waals surface area contributed by atoms with Gasteiger partial charge in [0, 0.05) is 18.4 Å². The van der Waals surface area contributed by atoms with E-state index in [2.05, 4.69) is 20.3 Å². The molecule has 1 aliphatic heterocycles. The fourth-order valence-electron chi connectivity index (χ4n) is 3.49. The van der Waals surface area contributed by atoms with Gasteiger partial charge in [-0.3, -0.25) is 14.4 Å². The van der Waals surface area contributed by atoms with Crippen molar-refractivity contribution >= 4 is 32.6 Å². The van der Waals surface area contributed by atoms with Gasteiger partial charge in [-0.05, 0) is 50.6 Å². The Balaban J connectivity index is 1.37. The fraction of sp³-hybridized carbons (Fsp3) is 0.421. The maximum atomic E-state index is 12.5. The van der Waals surface area contributed by atoms with Crippen LogP contribution in [-0.2, 0) is 11.3 Å². The lowest BCUT2D eigenvalue weighted by Gasteiger charge is -2.23. The van der Waals surface area contributed by atoms with Gasteiger partial charge in [-0.1, -0.05) is 11.3 Å². The fourth-order valence-corrected chi connectivity index (χ4v) is 4.40. The highest BCUT2D eigenvalue weighted by atomic mass is 32.1. The van der Waals surface area contributed by atoms with Crippen LogP contribution in [0.25, 0.3) is 10.2 Å². The first-order valence-corrected chi connectivity index (χ1v) is 10.1. The van der Waals surface area contributed by atoms with E-state index in [1.165, 1.54) is 11.3 Å². The zero-order valence-electron chi connectivity index (χ0n) is 15.3. The molecule has 0 unspecified atom stereocenters. The number of rotatable bonds is 7. The highest BCUT2D eigenvalue weighted by Gasteiger charge is 2.26. The first kappa shape index (κ1) is 17.9. The summed E-state index contributed by atoms with van der Waals surface area (Å²) in [5.41, 5.74) is 0.872. The molecule has 8 heteroatoms. The van der Waals surface area contributed by atoms with Crippen LogP contribution in [0.4, 0.5) is 5.13 Å². The van der Waals surface area contributed by atoms with Gasteiger partial charge in [0.25, 0.3) is 0 Å². The summed E-state index contributed by atoms with van der Waals surface area (Å²) >= 11 is 1.47. The number of carbonyl (C=O) groups excluding carboxylic acids is 1. The molecule has 1 aliphatic rings. The van der Waals surface area contributed by atoms with E-state index in [1.54, 1.807) is 6.20 Å². The Bertz CT molecular complexity index is 908. The van der Waals surface area contributed by atoms with E-state index in [0.29, 0.717) is 24.3 Å². The third-order valence-corrected chi connectivity index (χ3v) is 5.65. The first-order chi connectivity index (χ1) is 13.2. The van der Waals surface area contributed by atoms with Gasteiger partial charge in [0.2, 0.25) is 5.91 Å². The molecule has 4 rings (SSSR count). The summed E-state index contributed by atoms with van der Waals surface area (Å²) in [7, 11) is 0. The smallest absolute Gasteiger partial charge is 0.240 e. The largest absolute Gasteiger partial charge is 0.494 e. The number of ether oxygens (including phenoxy) is 1. The number of carbonyl (C=O) groups is 1. The predicted molar refractivity (Wildman–Crippen MR) is 106 cm³/mol. The first-order valence-electron chi connectivity index (χ1n) is 9.26. The van der Waals surface area contributed by atoms with Gasteiger partial charge < -0.3 is 10.1 Å². The lowest BCUT2D eigenvalue weighted by Crippen LogP contribution is -2.39. The number of benzene rings is 1. The lowest BCUT2D eigenvalue weighted by atomic mass is 10.2. The summed E-state index contributed by atoms with van der Waals surface area (Å²) in [4.78, 5) is 19.3. The number of fused-ring (bicyclic) bond motifs is 1. The molecule has 0 saturated carbocycles. The summed E-state index contributed by atoms with van der Waals surface area (Å²) in [6.45, 7) is 4.73. The maximum absolute atomic E-state index is 12.5. The number of nitrogens with one attached hydrogen (secondary N) is 1. The van der Waals surface area contributed by atoms with Crippen LogP contribution < -0.4 is 10.1 Å². The normalized spacial score (nSPS) is 17.4. The zero-order chi connectivity index (χ0) is 18.6. The molecule has 0 radical (unpaired) electrons. The molecular formula is C19H23N5O2S. The number of hydrogen-bond acceptors (Lipinski definition) is 6. The van der Waals surface area contributed by atoms with E-state index >= 15 is 0 Å². The van der Waals surface area contributed by atoms with E-state index in [0.717, 1.165) is 41.9 Å². The highest BCUT2D eigenvalue weighted by Crippen LogP contribution is 2.29. The van der Waals surface area contributed by atoms with Gasteiger partial charge in [0.1, 0.15) is 5.75 Å². The summed E-state index contributed by atoms with van der Waals surface area (Å²) in [6.07, 6.45) is 5.96. The van der Waals surface area contributed by atoms with Crippen LogP contribution >= 0.6 is 11.3 Å². The second-order valence-corrected chi connectivity index (χ2v) is 7.66. The van der Waals surface area contributed by atoms with Crippen molar-refractivity contribution in [3.8, 4) is 5.75 Å². The second kappa shape index (κ2) is 8.06. The van der Waals surface area contributed by atoms with Crippen LogP contribution in [0.5, 0.6) is 5.75 Å². The molecule has 1 atom stereocenters. The molecule has 27 heavy (non-hydrogen) atoms. The predicted octanol–water partition coefficient (Wildman–Crippen LogP) is 2.99. The SMILES string of the molecule is CCOc1ccc2nc(NC(=O)CN3CCC[C@H]3Cn3cccn3)sc2c1. The Morgan fingerprint density at radius 1 is 1.44 bits per heavy atom. The molecule has 3 heterocycles. The quantitative estimate of drug-likeness (QED) is 0.677. The number of hydrogen-bond donors (Lipinski definition) is 1. The van der Waals surface area contributed by atoms with Crippen molar-refractivity contribution in [2.75, 3.05) is 25.0 Å². The number of thiazole rings is 1. The minimum absolute atomic E-state index is 0.0218. The molecule has 1 saturated heterocycles. The molecule has 1 amide bonds. The molecule has 142 valence electrons. The summed E-state index contributed by atoms with van der Waals surface area (Å²) in [6, 6.07) is 8.07. The molecular weight excluding hydrogens is 362 g/mol. The number of nitrogens with zero attached hydrogens (tertiary/aromatic N) is 4. The molecule has 2 aromatic heterocycles. The lowest BCUT2D eigenvalue weighted by molar-refractivity contribution is -0.117. The van der Waals surface area contributed by atoms with Crippen LogP contribution in [0.2, 0.25) is 0 Å². The van der Waals surface area contributed by atoms with Crippen molar-refractivity contribution in [1.29, 1.82) is 0 Å². The summed E-state index contributed by atoms with van der Waals surface area (Å²) in [5.74, 6) is 0.802. The number of aromatic nitrogens is 3. The average Bonchev–Trinajstić information content (AvgIpc) is 3.37. The van der Waals surface area contributed by atoms with Crippen molar-refractivity contribution in [1.82, 2.24) is 19.7 Å². The molecule has 3 aromatic rings. The number of anilines is 1. The van der Waals surface area contributed by atoms with Gasteiger partial charge in [-0.2, -0.15) is 5.10 Å². The summed E-state index contributed by atoms with van der Waals surface area (Å²) in [5, 5.41) is 7.86. The standard InChI is InChI=1S/C19H23N5O2S/c1-2-26-15-6-7-16-17(11-15)27-19(21-16)22-18(25)13-23-9-3-5-14(23)12-24-10-4-8-20-24/h4,6-8,10-11,14H,2-3,5,9,12-13H2,1H3,(H,21,22,25)/t14-/m0/s1. The molecule has 0 spiro atoms. The van der Waals surface area contributed by atoms with Crippen molar-refractivity contribution in [3.63, 3.8) is 0 Å². The van der Waals surface area contributed by atoms with E-state index in [4.69, 9.17) is 4.74 Å². The van der Waals surface area contributed by atoms with Gasteiger partial charge in [0.15, 0.2) is 5.13 Å². The molecule has 0 bridgehead atoms. The van der Waals surface area contributed by atoms with E-state index < -0.39 is 0 Å². The third-order valence-electron chi connectivity index (χ3n) is 4.72. The Hall–Kier alpha value is -2.45. The van der Waals surface area contributed by atoms with Crippen molar-refractivity contribution < 1.29 is 9.53 Å². The zero-order valence-corrected chi connectivity index (χ0v) is 16.1. The molecule has 1 N–H and O–H groups in total. The minimum atomic E-state index is -0.0218. The van der Waals surface area contributed by atoms with Crippen LogP contribution in [-0.4, -0.2) is 51.3 Å². The Kier molecular flexibility index (Phi) is 5.35. The molecule has 1 fully saturated rings. The van der Waals surface area contributed by atoms with E-state index in [-0.39, 0.29) is 5.91 Å². The number of amides is 1. The van der Waals surface area contributed by atoms with Crippen molar-refractivity contribution in [2.24, 2.45) is 0 Å². The minimum Gasteiger partial charge on any atom is -0.494 e. The van der Waals surface area contributed by atoms with Crippen LogP contribution in [0.1, 0.15) is 19.8 Å².